The van der Waals surface area contributed by atoms with Gasteiger partial charge in [-0.3, -0.25) is 0 Å². The summed E-state index contributed by atoms with van der Waals surface area (Å²) in [6.07, 6.45) is 11.5. The molecule has 0 aromatic carbocycles. The molecular formula is C18H41NO3Si. The summed E-state index contributed by atoms with van der Waals surface area (Å²) < 4.78 is 17.7. The maximum atomic E-state index is 5.89. The van der Waals surface area contributed by atoms with Gasteiger partial charge in [-0.15, -0.1) is 0 Å². The minimum atomic E-state index is -2.40. The highest BCUT2D eigenvalue weighted by Crippen LogP contribution is 2.20. The van der Waals surface area contributed by atoms with E-state index in [4.69, 9.17) is 19.0 Å². The monoisotopic (exact) mass is 347 g/mol. The third-order valence-corrected chi connectivity index (χ3v) is 7.14. The lowest BCUT2D eigenvalue weighted by atomic mass is 10.1. The Morgan fingerprint density at radius 1 is 0.696 bits per heavy atom. The first-order valence-corrected chi connectivity index (χ1v) is 11.7. The van der Waals surface area contributed by atoms with Crippen LogP contribution in [0.5, 0.6) is 0 Å². The van der Waals surface area contributed by atoms with E-state index in [-0.39, 0.29) is 0 Å². The van der Waals surface area contributed by atoms with Gasteiger partial charge >= 0.3 is 8.80 Å². The van der Waals surface area contributed by atoms with Gasteiger partial charge in [0.25, 0.3) is 0 Å². The molecule has 0 aliphatic heterocycles. The van der Waals surface area contributed by atoms with Gasteiger partial charge < -0.3 is 19.0 Å². The van der Waals surface area contributed by atoms with E-state index in [0.717, 1.165) is 12.5 Å². The molecule has 0 heterocycles. The molecular weight excluding hydrogens is 306 g/mol. The molecule has 4 nitrogen and oxygen atoms in total. The van der Waals surface area contributed by atoms with Crippen molar-refractivity contribution >= 4 is 8.80 Å². The van der Waals surface area contributed by atoms with Crippen LogP contribution in [-0.2, 0) is 13.3 Å². The lowest BCUT2D eigenvalue weighted by molar-refractivity contribution is 0.0706. The van der Waals surface area contributed by atoms with Gasteiger partial charge in [0.05, 0.1) is 0 Å². The summed E-state index contributed by atoms with van der Waals surface area (Å²) >= 11 is 0. The molecule has 2 N–H and O–H groups in total. The van der Waals surface area contributed by atoms with E-state index in [9.17, 15) is 0 Å². The average molecular weight is 348 g/mol. The van der Waals surface area contributed by atoms with Crippen molar-refractivity contribution in [2.45, 2.75) is 97.6 Å². The molecule has 1 atom stereocenters. The molecule has 5 heteroatoms. The smallest absolute Gasteiger partial charge is 0.374 e. The molecule has 0 rings (SSSR count). The van der Waals surface area contributed by atoms with Crippen molar-refractivity contribution in [3.63, 3.8) is 0 Å². The largest absolute Gasteiger partial charge is 0.500 e. The predicted molar refractivity (Wildman–Crippen MR) is 101 cm³/mol. The molecule has 0 amide bonds. The van der Waals surface area contributed by atoms with E-state index in [1.54, 1.807) is 0 Å². The Morgan fingerprint density at radius 2 is 1.09 bits per heavy atom. The van der Waals surface area contributed by atoms with Crippen molar-refractivity contribution in [2.24, 2.45) is 5.73 Å². The van der Waals surface area contributed by atoms with Crippen LogP contribution in [0.2, 0.25) is 6.04 Å². The fourth-order valence-corrected chi connectivity index (χ4v) is 5.56. The Labute approximate surface area is 145 Å². The van der Waals surface area contributed by atoms with Crippen LogP contribution in [0.25, 0.3) is 0 Å². The molecule has 1 unspecified atom stereocenters. The highest BCUT2D eigenvalue weighted by Gasteiger charge is 2.39. The van der Waals surface area contributed by atoms with Crippen LogP contribution in [0, 0.1) is 0 Å². The molecule has 140 valence electrons. The molecule has 0 radical (unpaired) electrons. The van der Waals surface area contributed by atoms with E-state index in [1.807, 2.05) is 20.8 Å². The summed E-state index contributed by atoms with van der Waals surface area (Å²) in [5.74, 6) is 0. The molecule has 0 aromatic heterocycles. The minimum absolute atomic E-state index is 0.362. The van der Waals surface area contributed by atoms with E-state index in [1.165, 1.54) is 51.4 Å². The van der Waals surface area contributed by atoms with Crippen molar-refractivity contribution in [3.8, 4) is 0 Å². The first kappa shape index (κ1) is 23.1. The van der Waals surface area contributed by atoms with Crippen molar-refractivity contribution < 1.29 is 13.3 Å². The average Bonchev–Trinajstić information content (AvgIpc) is 2.49. The second kappa shape index (κ2) is 15.6. The van der Waals surface area contributed by atoms with Crippen molar-refractivity contribution in [3.05, 3.63) is 0 Å². The Bertz CT molecular complexity index is 235. The van der Waals surface area contributed by atoms with Gasteiger partial charge in [0.1, 0.15) is 0 Å². The van der Waals surface area contributed by atoms with Crippen LogP contribution in [0.15, 0.2) is 0 Å². The standard InChI is InChI=1S/C18H41NO3Si/c1-5-20-23(21-6-2,22-7-3)17-15-13-11-9-8-10-12-14-16-18(4)19/h18H,5-17,19H2,1-4H3. The van der Waals surface area contributed by atoms with Gasteiger partial charge in [-0.1, -0.05) is 44.9 Å². The molecule has 0 fully saturated rings. The van der Waals surface area contributed by atoms with Crippen molar-refractivity contribution in [1.82, 2.24) is 0 Å². The highest BCUT2D eigenvalue weighted by atomic mass is 28.4. The van der Waals surface area contributed by atoms with Crippen LogP contribution in [0.3, 0.4) is 0 Å². The summed E-state index contributed by atoms with van der Waals surface area (Å²) in [6, 6.07) is 1.32. The highest BCUT2D eigenvalue weighted by molar-refractivity contribution is 6.60. The van der Waals surface area contributed by atoms with Gasteiger partial charge in [0.2, 0.25) is 0 Å². The summed E-state index contributed by atoms with van der Waals surface area (Å²) in [5.41, 5.74) is 5.76. The van der Waals surface area contributed by atoms with Gasteiger partial charge in [-0.25, -0.2) is 0 Å². The van der Waals surface area contributed by atoms with Gasteiger partial charge in [-0.05, 0) is 40.5 Å². The maximum absolute atomic E-state index is 5.89. The van der Waals surface area contributed by atoms with Gasteiger partial charge in [0, 0.05) is 31.9 Å². The zero-order chi connectivity index (χ0) is 17.4. The maximum Gasteiger partial charge on any atom is 0.500 e. The molecule has 0 aliphatic rings. The molecule has 0 saturated carbocycles. The lowest BCUT2D eigenvalue weighted by Gasteiger charge is -2.28. The Hall–Kier alpha value is 0.0569. The van der Waals surface area contributed by atoms with Crippen LogP contribution >= 0.6 is 0 Å². The zero-order valence-electron chi connectivity index (χ0n) is 16.1. The summed E-state index contributed by atoms with van der Waals surface area (Å²) in [4.78, 5) is 0. The number of nitrogens with two attached hydrogens (primary N) is 1. The van der Waals surface area contributed by atoms with Crippen molar-refractivity contribution in [1.29, 1.82) is 0 Å². The summed E-state index contributed by atoms with van der Waals surface area (Å²) in [7, 11) is -2.40. The Kier molecular flexibility index (Phi) is 15.6. The molecule has 23 heavy (non-hydrogen) atoms. The van der Waals surface area contributed by atoms with Crippen LogP contribution in [0.1, 0.15) is 85.5 Å². The van der Waals surface area contributed by atoms with E-state index in [0.29, 0.717) is 25.9 Å². The fourth-order valence-electron chi connectivity index (χ4n) is 2.87. The first-order valence-electron chi connectivity index (χ1n) is 9.77. The van der Waals surface area contributed by atoms with E-state index < -0.39 is 8.80 Å². The predicted octanol–water partition coefficient (Wildman–Crippen LogP) is 4.89. The Morgan fingerprint density at radius 3 is 1.48 bits per heavy atom. The molecule has 0 aliphatic carbocycles. The topological polar surface area (TPSA) is 53.7 Å². The third kappa shape index (κ3) is 13.1. The molecule has 0 spiro atoms. The van der Waals surface area contributed by atoms with Crippen LogP contribution < -0.4 is 5.73 Å². The molecule has 0 aromatic rings. The summed E-state index contributed by atoms with van der Waals surface area (Å²) in [6.45, 7) is 10.2. The first-order chi connectivity index (χ1) is 11.1. The number of rotatable bonds is 17. The zero-order valence-corrected chi connectivity index (χ0v) is 17.1. The van der Waals surface area contributed by atoms with Crippen molar-refractivity contribution in [2.75, 3.05) is 19.8 Å². The number of hydrogen-bond acceptors (Lipinski definition) is 4. The quantitative estimate of drug-likeness (QED) is 0.300. The lowest BCUT2D eigenvalue weighted by Crippen LogP contribution is -2.45. The number of hydrogen-bond donors (Lipinski definition) is 1. The van der Waals surface area contributed by atoms with Crippen LogP contribution in [-0.4, -0.2) is 34.7 Å². The number of unbranched alkanes of at least 4 members (excludes halogenated alkanes) is 7. The Balaban J connectivity index is 3.69. The van der Waals surface area contributed by atoms with Gasteiger partial charge in [-0.2, -0.15) is 0 Å². The van der Waals surface area contributed by atoms with E-state index >= 15 is 0 Å². The SMILES string of the molecule is CCO[Si](CCCCCCCCCCC(C)N)(OCC)OCC. The third-order valence-electron chi connectivity index (χ3n) is 3.99. The second-order valence-electron chi connectivity index (χ2n) is 6.33. The normalized spacial score (nSPS) is 13.4. The molecule has 0 saturated heterocycles. The van der Waals surface area contributed by atoms with Crippen LogP contribution in [0.4, 0.5) is 0 Å². The van der Waals surface area contributed by atoms with E-state index in [2.05, 4.69) is 6.92 Å². The second-order valence-corrected chi connectivity index (χ2v) is 9.06. The molecule has 0 bridgehead atoms. The fraction of sp³-hybridized carbons (Fsp3) is 1.00. The summed E-state index contributed by atoms with van der Waals surface area (Å²) in [5, 5.41) is 0. The minimum Gasteiger partial charge on any atom is -0.374 e. The van der Waals surface area contributed by atoms with Gasteiger partial charge in [0.15, 0.2) is 0 Å².